The molecule has 1 aromatic carbocycles. The molecule has 1 unspecified atom stereocenters. The van der Waals surface area contributed by atoms with Gasteiger partial charge in [0.2, 0.25) is 0 Å². The van der Waals surface area contributed by atoms with Crippen LogP contribution in [0.3, 0.4) is 0 Å². The van der Waals surface area contributed by atoms with Crippen molar-refractivity contribution in [3.8, 4) is 5.75 Å². The van der Waals surface area contributed by atoms with Crippen LogP contribution in [0.15, 0.2) is 48.6 Å². The molecule has 3 rings (SSSR count). The number of carbonyl (C=O) groups is 1. The second-order valence-electron chi connectivity index (χ2n) is 7.33. The molecule has 0 amide bonds. The standard InChI is InChI=1S/C21H28N2O2.ClH/c1-21(10-5-2-6-11-21)20(25)17-23-15-13-22(14-16-23)12-9-18-7-3-4-8-19(18)24;/h2-8,10,24H,9,11-17H2,1H3;1H. The van der Waals surface area contributed by atoms with Crippen molar-refractivity contribution in [1.82, 2.24) is 9.80 Å². The van der Waals surface area contributed by atoms with Crippen molar-refractivity contribution in [2.45, 2.75) is 19.8 Å². The number of Topliss-reactive ketones (excluding diaryl/α,β-unsaturated/α-hetero) is 1. The third-order valence-corrected chi connectivity index (χ3v) is 5.41. The molecule has 1 heterocycles. The summed E-state index contributed by atoms with van der Waals surface area (Å²) in [4.78, 5) is 17.3. The van der Waals surface area contributed by atoms with Gasteiger partial charge in [-0.15, -0.1) is 12.4 Å². The van der Waals surface area contributed by atoms with E-state index in [-0.39, 0.29) is 17.8 Å². The van der Waals surface area contributed by atoms with Crippen molar-refractivity contribution in [2.24, 2.45) is 5.41 Å². The van der Waals surface area contributed by atoms with Gasteiger partial charge >= 0.3 is 0 Å². The van der Waals surface area contributed by atoms with E-state index in [2.05, 4.69) is 15.9 Å². The molecular weight excluding hydrogens is 348 g/mol. The first-order valence-corrected chi connectivity index (χ1v) is 9.16. The summed E-state index contributed by atoms with van der Waals surface area (Å²) in [5.41, 5.74) is 0.668. The number of aromatic hydroxyl groups is 1. The molecule has 0 bridgehead atoms. The summed E-state index contributed by atoms with van der Waals surface area (Å²) in [5, 5.41) is 9.85. The molecule has 0 spiro atoms. The smallest absolute Gasteiger partial charge is 0.156 e. The molecule has 0 saturated carbocycles. The number of benzene rings is 1. The molecule has 5 heteroatoms. The zero-order valence-electron chi connectivity index (χ0n) is 15.4. The number of piperazine rings is 1. The lowest BCUT2D eigenvalue weighted by atomic mass is 9.79. The average Bonchev–Trinajstić information content (AvgIpc) is 2.63. The van der Waals surface area contributed by atoms with Crippen LogP contribution in [-0.2, 0) is 11.2 Å². The van der Waals surface area contributed by atoms with Crippen LogP contribution < -0.4 is 0 Å². The lowest BCUT2D eigenvalue weighted by Crippen LogP contribution is -2.49. The van der Waals surface area contributed by atoms with Gasteiger partial charge in [0.05, 0.1) is 6.54 Å². The Morgan fingerprint density at radius 3 is 2.46 bits per heavy atom. The molecule has 2 aliphatic rings. The molecule has 1 aliphatic carbocycles. The number of phenolic OH excluding ortho intramolecular Hbond substituents is 1. The minimum atomic E-state index is -0.337. The topological polar surface area (TPSA) is 43.8 Å². The summed E-state index contributed by atoms with van der Waals surface area (Å²) in [6, 6.07) is 7.55. The normalized spacial score (nSPS) is 23.6. The molecule has 26 heavy (non-hydrogen) atoms. The Kier molecular flexibility index (Phi) is 7.44. The second-order valence-corrected chi connectivity index (χ2v) is 7.33. The molecule has 1 N–H and O–H groups in total. The van der Waals surface area contributed by atoms with Gasteiger partial charge in [-0.25, -0.2) is 0 Å². The van der Waals surface area contributed by atoms with Crippen molar-refractivity contribution >= 4 is 18.2 Å². The second kappa shape index (κ2) is 9.36. The quantitative estimate of drug-likeness (QED) is 0.828. The fourth-order valence-corrected chi connectivity index (χ4v) is 3.49. The van der Waals surface area contributed by atoms with Crippen molar-refractivity contribution in [1.29, 1.82) is 0 Å². The Labute approximate surface area is 162 Å². The van der Waals surface area contributed by atoms with E-state index < -0.39 is 0 Å². The predicted molar refractivity (Wildman–Crippen MR) is 108 cm³/mol. The van der Waals surface area contributed by atoms with Crippen LogP contribution in [-0.4, -0.2) is 60.0 Å². The van der Waals surface area contributed by atoms with Gasteiger partial charge in [0.1, 0.15) is 5.75 Å². The largest absolute Gasteiger partial charge is 0.508 e. The van der Waals surface area contributed by atoms with E-state index in [4.69, 9.17) is 0 Å². The molecule has 0 radical (unpaired) electrons. The number of carbonyl (C=O) groups excluding carboxylic acids is 1. The molecule has 142 valence electrons. The molecule has 4 nitrogen and oxygen atoms in total. The minimum Gasteiger partial charge on any atom is -0.508 e. The molecule has 1 aromatic rings. The lowest BCUT2D eigenvalue weighted by molar-refractivity contribution is -0.127. The van der Waals surface area contributed by atoms with Crippen molar-refractivity contribution in [2.75, 3.05) is 39.3 Å². The Hall–Kier alpha value is -1.62. The highest BCUT2D eigenvalue weighted by atomic mass is 35.5. The zero-order valence-corrected chi connectivity index (χ0v) is 16.3. The van der Waals surface area contributed by atoms with Crippen LogP contribution >= 0.6 is 12.4 Å². The molecule has 1 saturated heterocycles. The molecular formula is C21H29ClN2O2. The van der Waals surface area contributed by atoms with E-state index in [1.807, 2.05) is 43.4 Å². The highest BCUT2D eigenvalue weighted by Gasteiger charge is 2.31. The summed E-state index contributed by atoms with van der Waals surface area (Å²) in [6.07, 6.45) is 9.78. The van der Waals surface area contributed by atoms with Crippen LogP contribution in [0.25, 0.3) is 0 Å². The maximum atomic E-state index is 12.6. The summed E-state index contributed by atoms with van der Waals surface area (Å²) in [5.74, 6) is 0.699. The lowest BCUT2D eigenvalue weighted by Gasteiger charge is -2.36. The first-order valence-electron chi connectivity index (χ1n) is 9.16. The Balaban J connectivity index is 0.00000243. The number of halogens is 1. The van der Waals surface area contributed by atoms with Crippen LogP contribution in [0.1, 0.15) is 18.9 Å². The van der Waals surface area contributed by atoms with E-state index in [1.54, 1.807) is 6.07 Å². The van der Waals surface area contributed by atoms with E-state index in [1.165, 1.54) is 0 Å². The third-order valence-electron chi connectivity index (χ3n) is 5.41. The van der Waals surface area contributed by atoms with Gasteiger partial charge in [0.15, 0.2) is 5.78 Å². The van der Waals surface area contributed by atoms with Crippen LogP contribution in [0, 0.1) is 5.41 Å². The number of phenols is 1. The highest BCUT2D eigenvalue weighted by Crippen LogP contribution is 2.28. The van der Waals surface area contributed by atoms with E-state index in [0.29, 0.717) is 18.1 Å². The van der Waals surface area contributed by atoms with Gasteiger partial charge in [-0.1, -0.05) is 42.5 Å². The zero-order chi connectivity index (χ0) is 17.7. The van der Waals surface area contributed by atoms with E-state index in [0.717, 1.165) is 51.1 Å². The fourth-order valence-electron chi connectivity index (χ4n) is 3.49. The maximum Gasteiger partial charge on any atom is 0.156 e. The molecule has 1 atom stereocenters. The van der Waals surface area contributed by atoms with Crippen LogP contribution in [0.2, 0.25) is 0 Å². The van der Waals surface area contributed by atoms with Gasteiger partial charge in [-0.2, -0.15) is 0 Å². The van der Waals surface area contributed by atoms with Gasteiger partial charge in [0, 0.05) is 38.1 Å². The number of hydrogen-bond donors (Lipinski definition) is 1. The number of rotatable bonds is 6. The first kappa shape index (κ1) is 20.7. The van der Waals surface area contributed by atoms with Gasteiger partial charge < -0.3 is 10.0 Å². The van der Waals surface area contributed by atoms with E-state index in [9.17, 15) is 9.90 Å². The molecule has 1 fully saturated rings. The predicted octanol–water partition coefficient (Wildman–Crippen LogP) is 3.07. The van der Waals surface area contributed by atoms with E-state index >= 15 is 0 Å². The van der Waals surface area contributed by atoms with Crippen molar-refractivity contribution in [3.63, 3.8) is 0 Å². The Morgan fingerprint density at radius 1 is 1.12 bits per heavy atom. The molecule has 1 aliphatic heterocycles. The monoisotopic (exact) mass is 376 g/mol. The SMILES string of the molecule is CC1(C(=O)CN2CCN(CCc3ccccc3O)CC2)C=CC=CC1.Cl. The summed E-state index contributed by atoms with van der Waals surface area (Å²) >= 11 is 0. The average molecular weight is 377 g/mol. The number of hydrogen-bond acceptors (Lipinski definition) is 4. The number of ketones is 1. The highest BCUT2D eigenvalue weighted by molar-refractivity contribution is 5.88. The molecule has 0 aromatic heterocycles. The summed E-state index contributed by atoms with van der Waals surface area (Å²) in [7, 11) is 0. The summed E-state index contributed by atoms with van der Waals surface area (Å²) < 4.78 is 0. The number of para-hydroxylation sites is 1. The first-order chi connectivity index (χ1) is 12.1. The fraction of sp³-hybridized carbons (Fsp3) is 0.476. The maximum absolute atomic E-state index is 12.6. The van der Waals surface area contributed by atoms with Crippen molar-refractivity contribution in [3.05, 3.63) is 54.1 Å². The Bertz CT molecular complexity index is 666. The van der Waals surface area contributed by atoms with Crippen LogP contribution in [0.5, 0.6) is 5.75 Å². The van der Waals surface area contributed by atoms with Gasteiger partial charge in [-0.05, 0) is 31.4 Å². The Morgan fingerprint density at radius 2 is 1.81 bits per heavy atom. The third kappa shape index (κ3) is 5.19. The summed E-state index contributed by atoms with van der Waals surface area (Å²) in [6.45, 7) is 7.36. The number of allylic oxidation sites excluding steroid dienone is 4. The van der Waals surface area contributed by atoms with Gasteiger partial charge in [-0.3, -0.25) is 9.69 Å². The van der Waals surface area contributed by atoms with Gasteiger partial charge in [0.25, 0.3) is 0 Å². The van der Waals surface area contributed by atoms with Crippen LogP contribution in [0.4, 0.5) is 0 Å². The van der Waals surface area contributed by atoms with Crippen molar-refractivity contribution < 1.29 is 9.90 Å². The number of nitrogens with zero attached hydrogens (tertiary/aromatic N) is 2. The minimum absolute atomic E-state index is 0.